The van der Waals surface area contributed by atoms with Crippen LogP contribution in [0.15, 0.2) is 35.2 Å². The second kappa shape index (κ2) is 9.59. The molecule has 1 aliphatic heterocycles. The van der Waals surface area contributed by atoms with Gasteiger partial charge in [-0.15, -0.1) is 0 Å². The van der Waals surface area contributed by atoms with Crippen LogP contribution < -0.4 is 0 Å². The lowest BCUT2D eigenvalue weighted by atomic mass is 10.1. The second-order valence-corrected chi connectivity index (χ2v) is 10.2. The highest BCUT2D eigenvalue weighted by Crippen LogP contribution is 2.25. The minimum atomic E-state index is -3.54. The number of amides is 2. The first-order valence-electron chi connectivity index (χ1n) is 10.4. The Balaban J connectivity index is 1.75. The standard InChI is InChI=1S/C21H29N5O4S/c1-15(2)21(28)26-12-7-11-25(14-18(26)20-22-16(3)23-24-20)19(27)10-13-31(29,30)17-8-5-4-6-9-17/h4-6,8-9,15,18H,7,10-14H2,1-3H3,(H,22,23,24). The van der Waals surface area contributed by atoms with Crippen molar-refractivity contribution in [2.75, 3.05) is 25.4 Å². The molecule has 1 aromatic carbocycles. The minimum absolute atomic E-state index is 0.0200. The summed E-state index contributed by atoms with van der Waals surface area (Å²) in [4.78, 5) is 33.7. The number of benzene rings is 1. The summed E-state index contributed by atoms with van der Waals surface area (Å²) in [6, 6.07) is 7.65. The van der Waals surface area contributed by atoms with Gasteiger partial charge in [-0.2, -0.15) is 5.10 Å². The van der Waals surface area contributed by atoms with Crippen LogP contribution in [0, 0.1) is 12.8 Å². The molecule has 9 nitrogen and oxygen atoms in total. The van der Waals surface area contributed by atoms with E-state index in [1.165, 1.54) is 12.1 Å². The Morgan fingerprint density at radius 3 is 2.52 bits per heavy atom. The smallest absolute Gasteiger partial charge is 0.225 e. The van der Waals surface area contributed by atoms with Crippen LogP contribution in [-0.2, 0) is 19.4 Å². The third kappa shape index (κ3) is 5.49. The molecule has 168 valence electrons. The third-order valence-electron chi connectivity index (χ3n) is 5.33. The zero-order valence-electron chi connectivity index (χ0n) is 18.1. The average molecular weight is 448 g/mol. The molecule has 2 heterocycles. The number of aromatic amines is 1. The first-order valence-corrected chi connectivity index (χ1v) is 12.1. The lowest BCUT2D eigenvalue weighted by Crippen LogP contribution is -2.42. The second-order valence-electron chi connectivity index (χ2n) is 8.06. The average Bonchev–Trinajstić information content (AvgIpc) is 3.06. The summed E-state index contributed by atoms with van der Waals surface area (Å²) in [5, 5.41) is 7.03. The van der Waals surface area contributed by atoms with Crippen LogP contribution in [-0.4, -0.2) is 70.6 Å². The highest BCUT2D eigenvalue weighted by atomic mass is 32.2. The maximum Gasteiger partial charge on any atom is 0.225 e. The van der Waals surface area contributed by atoms with Gasteiger partial charge in [0.15, 0.2) is 15.7 Å². The normalized spacial score (nSPS) is 17.6. The molecule has 1 unspecified atom stereocenters. The number of aryl methyl sites for hydroxylation is 1. The maximum atomic E-state index is 12.9. The Hall–Kier alpha value is -2.75. The summed E-state index contributed by atoms with van der Waals surface area (Å²) >= 11 is 0. The van der Waals surface area contributed by atoms with E-state index in [0.717, 1.165) is 0 Å². The van der Waals surface area contributed by atoms with E-state index in [1.807, 2.05) is 13.8 Å². The van der Waals surface area contributed by atoms with Crippen LogP contribution in [0.3, 0.4) is 0 Å². The zero-order chi connectivity index (χ0) is 22.6. The number of hydrogen-bond donors (Lipinski definition) is 1. The van der Waals surface area contributed by atoms with Crippen LogP contribution in [0.25, 0.3) is 0 Å². The molecular weight excluding hydrogens is 418 g/mol. The molecule has 0 spiro atoms. The highest BCUT2D eigenvalue weighted by molar-refractivity contribution is 7.91. The van der Waals surface area contributed by atoms with Crippen LogP contribution >= 0.6 is 0 Å². The molecule has 0 radical (unpaired) electrons. The Kier molecular flexibility index (Phi) is 7.09. The predicted octanol–water partition coefficient (Wildman–Crippen LogP) is 1.74. The first kappa shape index (κ1) is 22.9. The van der Waals surface area contributed by atoms with Crippen molar-refractivity contribution in [2.24, 2.45) is 5.92 Å². The van der Waals surface area contributed by atoms with Crippen LogP contribution in [0.4, 0.5) is 0 Å². The summed E-state index contributed by atoms with van der Waals surface area (Å²) < 4.78 is 25.1. The predicted molar refractivity (Wildman–Crippen MR) is 115 cm³/mol. The van der Waals surface area contributed by atoms with E-state index >= 15 is 0 Å². The molecule has 0 saturated carbocycles. The van der Waals surface area contributed by atoms with Gasteiger partial charge in [-0.3, -0.25) is 14.7 Å². The lowest BCUT2D eigenvalue weighted by Gasteiger charge is -2.31. The Morgan fingerprint density at radius 2 is 1.90 bits per heavy atom. The van der Waals surface area contributed by atoms with Crippen molar-refractivity contribution in [3.05, 3.63) is 42.0 Å². The van der Waals surface area contributed by atoms with Gasteiger partial charge >= 0.3 is 0 Å². The number of sulfone groups is 1. The molecule has 1 fully saturated rings. The van der Waals surface area contributed by atoms with Crippen LogP contribution in [0.5, 0.6) is 0 Å². The number of hydrogen-bond acceptors (Lipinski definition) is 6. The number of H-pyrrole nitrogens is 1. The number of carbonyl (C=O) groups is 2. The van der Waals surface area contributed by atoms with Crippen molar-refractivity contribution in [2.45, 2.75) is 44.6 Å². The van der Waals surface area contributed by atoms with E-state index in [-0.39, 0.29) is 41.3 Å². The molecule has 0 bridgehead atoms. The van der Waals surface area contributed by atoms with Crippen molar-refractivity contribution in [3.63, 3.8) is 0 Å². The van der Waals surface area contributed by atoms with Crippen molar-refractivity contribution in [1.82, 2.24) is 25.0 Å². The van der Waals surface area contributed by atoms with Gasteiger partial charge in [0.05, 0.1) is 10.6 Å². The van der Waals surface area contributed by atoms with E-state index in [2.05, 4.69) is 15.2 Å². The fourth-order valence-electron chi connectivity index (χ4n) is 3.66. The van der Waals surface area contributed by atoms with Crippen LogP contribution in [0.1, 0.15) is 44.4 Å². The van der Waals surface area contributed by atoms with Crippen LogP contribution in [0.2, 0.25) is 0 Å². The lowest BCUT2D eigenvalue weighted by molar-refractivity contribution is -0.138. The quantitative estimate of drug-likeness (QED) is 0.721. The topological polar surface area (TPSA) is 116 Å². The van der Waals surface area contributed by atoms with E-state index in [9.17, 15) is 18.0 Å². The van der Waals surface area contributed by atoms with Gasteiger partial charge in [0.2, 0.25) is 11.8 Å². The van der Waals surface area contributed by atoms with E-state index < -0.39 is 15.9 Å². The molecular formula is C21H29N5O4S. The molecule has 0 aliphatic carbocycles. The highest BCUT2D eigenvalue weighted by Gasteiger charge is 2.34. The summed E-state index contributed by atoms with van der Waals surface area (Å²) in [6.45, 7) is 6.63. The molecule has 1 aromatic heterocycles. The van der Waals surface area contributed by atoms with Gasteiger partial charge in [-0.25, -0.2) is 13.4 Å². The SMILES string of the molecule is Cc1nc(C2CN(C(=O)CCS(=O)(=O)c3ccccc3)CCCN2C(=O)C(C)C)n[nH]1. The largest absolute Gasteiger partial charge is 0.340 e. The van der Waals surface area contributed by atoms with E-state index in [1.54, 1.807) is 34.9 Å². The summed E-state index contributed by atoms with van der Waals surface area (Å²) in [5.41, 5.74) is 0. The molecule has 2 amide bonds. The van der Waals surface area contributed by atoms with Gasteiger partial charge in [-0.05, 0) is 25.5 Å². The molecule has 1 N–H and O–H groups in total. The number of nitrogens with one attached hydrogen (secondary N) is 1. The van der Waals surface area contributed by atoms with Gasteiger partial charge in [0, 0.05) is 32.0 Å². The fraction of sp³-hybridized carbons (Fsp3) is 0.524. The third-order valence-corrected chi connectivity index (χ3v) is 7.06. The Labute approximate surface area is 182 Å². The molecule has 10 heteroatoms. The monoisotopic (exact) mass is 447 g/mol. The summed E-state index contributed by atoms with van der Waals surface area (Å²) in [7, 11) is -3.54. The molecule has 31 heavy (non-hydrogen) atoms. The van der Waals surface area contributed by atoms with Gasteiger partial charge in [-0.1, -0.05) is 32.0 Å². The maximum absolute atomic E-state index is 12.9. The Bertz CT molecular complexity index is 1020. The number of carbonyl (C=O) groups excluding carboxylic acids is 2. The van der Waals surface area contributed by atoms with Gasteiger partial charge < -0.3 is 9.80 Å². The van der Waals surface area contributed by atoms with Crippen molar-refractivity contribution >= 4 is 21.7 Å². The van der Waals surface area contributed by atoms with E-state index in [0.29, 0.717) is 31.2 Å². The number of rotatable bonds is 6. The number of aromatic nitrogens is 3. The summed E-state index contributed by atoms with van der Waals surface area (Å²) in [5.74, 6) is 0.363. The summed E-state index contributed by atoms with van der Waals surface area (Å²) in [6.07, 6.45) is 0.491. The first-order chi connectivity index (χ1) is 14.7. The number of nitrogens with zero attached hydrogens (tertiary/aromatic N) is 4. The fourth-order valence-corrected chi connectivity index (χ4v) is 4.91. The van der Waals surface area contributed by atoms with Gasteiger partial charge in [0.1, 0.15) is 11.9 Å². The Morgan fingerprint density at radius 1 is 1.19 bits per heavy atom. The van der Waals surface area contributed by atoms with Gasteiger partial charge in [0.25, 0.3) is 0 Å². The van der Waals surface area contributed by atoms with Crippen molar-refractivity contribution < 1.29 is 18.0 Å². The van der Waals surface area contributed by atoms with E-state index in [4.69, 9.17) is 0 Å². The minimum Gasteiger partial charge on any atom is -0.340 e. The van der Waals surface area contributed by atoms with Crippen molar-refractivity contribution in [3.8, 4) is 0 Å². The molecule has 1 aliphatic rings. The molecule has 1 saturated heterocycles. The molecule has 1 atom stereocenters. The van der Waals surface area contributed by atoms with Crippen molar-refractivity contribution in [1.29, 1.82) is 0 Å². The zero-order valence-corrected chi connectivity index (χ0v) is 18.9. The molecule has 3 rings (SSSR count). The molecule has 2 aromatic rings.